The summed E-state index contributed by atoms with van der Waals surface area (Å²) < 4.78 is 0. The molecule has 1 fully saturated rings. The Morgan fingerprint density at radius 3 is 2.75 bits per heavy atom. The number of rotatable bonds is 4. The molecule has 1 aromatic rings. The van der Waals surface area contributed by atoms with Crippen molar-refractivity contribution < 1.29 is 9.90 Å². The average molecular weight is 219 g/mol. The van der Waals surface area contributed by atoms with Crippen LogP contribution in [-0.2, 0) is 0 Å². The Hall–Kier alpha value is -1.51. The van der Waals surface area contributed by atoms with Crippen LogP contribution in [-0.4, -0.2) is 24.2 Å². The standard InChI is InChI=1S/C13H17NO2/c1-9(10-6-7-10)14(2)12-5-3-4-11(8-12)13(15)16/h3-5,8-10H,6-7H2,1-2H3,(H,15,16). The quantitative estimate of drug-likeness (QED) is 0.846. The van der Waals surface area contributed by atoms with E-state index in [1.165, 1.54) is 12.8 Å². The Morgan fingerprint density at radius 2 is 2.19 bits per heavy atom. The lowest BCUT2D eigenvalue weighted by Crippen LogP contribution is -2.30. The average Bonchev–Trinajstić information content (AvgIpc) is 3.11. The zero-order valence-corrected chi connectivity index (χ0v) is 9.68. The number of hydrogen-bond acceptors (Lipinski definition) is 2. The minimum atomic E-state index is -0.866. The molecule has 0 aliphatic heterocycles. The highest BCUT2D eigenvalue weighted by Gasteiger charge is 2.30. The van der Waals surface area contributed by atoms with Crippen molar-refractivity contribution in [1.29, 1.82) is 0 Å². The summed E-state index contributed by atoms with van der Waals surface area (Å²) in [6, 6.07) is 7.62. The van der Waals surface area contributed by atoms with Crippen LogP contribution < -0.4 is 4.90 Å². The highest BCUT2D eigenvalue weighted by Crippen LogP contribution is 2.36. The van der Waals surface area contributed by atoms with E-state index >= 15 is 0 Å². The van der Waals surface area contributed by atoms with Gasteiger partial charge in [-0.2, -0.15) is 0 Å². The Labute approximate surface area is 95.7 Å². The maximum atomic E-state index is 10.9. The van der Waals surface area contributed by atoms with Crippen molar-refractivity contribution in [3.63, 3.8) is 0 Å². The number of carboxylic acids is 1. The molecule has 1 aliphatic carbocycles. The number of hydrogen-bond donors (Lipinski definition) is 1. The summed E-state index contributed by atoms with van der Waals surface area (Å²) in [5.74, 6) is -0.0900. The van der Waals surface area contributed by atoms with Crippen LogP contribution in [0.1, 0.15) is 30.1 Å². The minimum absolute atomic E-state index is 0.354. The highest BCUT2D eigenvalue weighted by molar-refractivity contribution is 5.88. The normalized spacial score (nSPS) is 16.9. The first kappa shape index (κ1) is 11.0. The van der Waals surface area contributed by atoms with Crippen LogP contribution >= 0.6 is 0 Å². The van der Waals surface area contributed by atoms with Gasteiger partial charge in [0.1, 0.15) is 0 Å². The fourth-order valence-electron chi connectivity index (χ4n) is 1.99. The Kier molecular flexibility index (Phi) is 2.86. The molecular weight excluding hydrogens is 202 g/mol. The molecule has 1 aliphatic rings. The summed E-state index contributed by atoms with van der Waals surface area (Å²) in [6.07, 6.45) is 2.59. The number of anilines is 1. The number of carbonyl (C=O) groups is 1. The van der Waals surface area contributed by atoms with E-state index in [2.05, 4.69) is 11.8 Å². The predicted octanol–water partition coefficient (Wildman–Crippen LogP) is 2.62. The Balaban J connectivity index is 2.18. The van der Waals surface area contributed by atoms with Crippen LogP contribution in [0.5, 0.6) is 0 Å². The van der Waals surface area contributed by atoms with Crippen LogP contribution in [0.15, 0.2) is 24.3 Å². The van der Waals surface area contributed by atoms with Gasteiger partial charge in [0.2, 0.25) is 0 Å². The summed E-state index contributed by atoms with van der Waals surface area (Å²) in [7, 11) is 2.03. The van der Waals surface area contributed by atoms with E-state index < -0.39 is 5.97 Å². The van der Waals surface area contributed by atoms with Gasteiger partial charge in [-0.25, -0.2) is 4.79 Å². The van der Waals surface area contributed by atoms with E-state index in [4.69, 9.17) is 5.11 Å². The lowest BCUT2D eigenvalue weighted by Gasteiger charge is -2.27. The third kappa shape index (κ3) is 2.18. The monoisotopic (exact) mass is 219 g/mol. The fraction of sp³-hybridized carbons (Fsp3) is 0.462. The molecule has 2 rings (SSSR count). The van der Waals surface area contributed by atoms with Crippen LogP contribution in [0.3, 0.4) is 0 Å². The lowest BCUT2D eigenvalue weighted by atomic mass is 10.1. The van der Waals surface area contributed by atoms with Gasteiger partial charge in [0, 0.05) is 18.8 Å². The molecule has 1 aromatic carbocycles. The second-order valence-electron chi connectivity index (χ2n) is 4.54. The third-order valence-corrected chi connectivity index (χ3v) is 3.42. The van der Waals surface area contributed by atoms with E-state index in [0.29, 0.717) is 11.6 Å². The first-order valence-corrected chi connectivity index (χ1v) is 5.66. The summed E-state index contributed by atoms with van der Waals surface area (Å²) in [6.45, 7) is 2.20. The molecule has 3 heteroatoms. The van der Waals surface area contributed by atoms with E-state index in [1.54, 1.807) is 18.2 Å². The third-order valence-electron chi connectivity index (χ3n) is 3.42. The molecule has 0 aromatic heterocycles. The summed E-state index contributed by atoms with van der Waals surface area (Å²) >= 11 is 0. The van der Waals surface area contributed by atoms with Gasteiger partial charge >= 0.3 is 5.97 Å². The van der Waals surface area contributed by atoms with Gasteiger partial charge in [0.05, 0.1) is 5.56 Å². The van der Waals surface area contributed by atoms with Crippen molar-refractivity contribution in [2.24, 2.45) is 5.92 Å². The van der Waals surface area contributed by atoms with Crippen molar-refractivity contribution in [2.75, 3.05) is 11.9 Å². The van der Waals surface area contributed by atoms with E-state index in [9.17, 15) is 4.79 Å². The maximum Gasteiger partial charge on any atom is 0.335 e. The van der Waals surface area contributed by atoms with E-state index in [1.807, 2.05) is 13.1 Å². The van der Waals surface area contributed by atoms with Gasteiger partial charge in [0.15, 0.2) is 0 Å². The molecular formula is C13H17NO2. The van der Waals surface area contributed by atoms with Crippen LogP contribution in [0, 0.1) is 5.92 Å². The zero-order chi connectivity index (χ0) is 11.7. The number of benzene rings is 1. The minimum Gasteiger partial charge on any atom is -0.478 e. The number of carboxylic acid groups (broad SMARTS) is 1. The second kappa shape index (κ2) is 4.16. The molecule has 16 heavy (non-hydrogen) atoms. The smallest absolute Gasteiger partial charge is 0.335 e. The molecule has 1 unspecified atom stereocenters. The van der Waals surface area contributed by atoms with Crippen LogP contribution in [0.25, 0.3) is 0 Å². The van der Waals surface area contributed by atoms with Crippen molar-refractivity contribution in [3.8, 4) is 0 Å². The Bertz CT molecular complexity index is 399. The van der Waals surface area contributed by atoms with Crippen molar-refractivity contribution in [1.82, 2.24) is 0 Å². The molecule has 0 amide bonds. The summed E-state index contributed by atoms with van der Waals surface area (Å²) in [4.78, 5) is 13.0. The van der Waals surface area contributed by atoms with Crippen LogP contribution in [0.4, 0.5) is 5.69 Å². The molecule has 1 saturated carbocycles. The summed E-state index contributed by atoms with van der Waals surface area (Å²) in [5.41, 5.74) is 1.34. The fourth-order valence-corrected chi connectivity index (χ4v) is 1.99. The largest absolute Gasteiger partial charge is 0.478 e. The van der Waals surface area contributed by atoms with Gasteiger partial charge in [-0.1, -0.05) is 6.07 Å². The van der Waals surface area contributed by atoms with Crippen molar-refractivity contribution >= 4 is 11.7 Å². The van der Waals surface area contributed by atoms with Crippen LogP contribution in [0.2, 0.25) is 0 Å². The molecule has 3 nitrogen and oxygen atoms in total. The van der Waals surface area contributed by atoms with Crippen molar-refractivity contribution in [2.45, 2.75) is 25.8 Å². The molecule has 0 heterocycles. The van der Waals surface area contributed by atoms with Crippen molar-refractivity contribution in [3.05, 3.63) is 29.8 Å². The first-order valence-electron chi connectivity index (χ1n) is 5.66. The maximum absolute atomic E-state index is 10.9. The molecule has 0 radical (unpaired) electrons. The molecule has 1 N–H and O–H groups in total. The van der Waals surface area contributed by atoms with E-state index in [-0.39, 0.29) is 0 Å². The predicted molar refractivity (Wildman–Crippen MR) is 64.0 cm³/mol. The lowest BCUT2D eigenvalue weighted by molar-refractivity contribution is 0.0697. The highest BCUT2D eigenvalue weighted by atomic mass is 16.4. The molecule has 0 spiro atoms. The molecule has 86 valence electrons. The molecule has 0 bridgehead atoms. The summed E-state index contributed by atoms with van der Waals surface area (Å²) in [5, 5.41) is 8.93. The van der Waals surface area contributed by atoms with Gasteiger partial charge in [-0.15, -0.1) is 0 Å². The number of nitrogens with zero attached hydrogens (tertiary/aromatic N) is 1. The SMILES string of the molecule is CC(C1CC1)N(C)c1cccc(C(=O)O)c1. The van der Waals surface area contributed by atoms with Gasteiger partial charge in [-0.3, -0.25) is 0 Å². The molecule has 1 atom stereocenters. The first-order chi connectivity index (χ1) is 7.59. The van der Waals surface area contributed by atoms with Gasteiger partial charge in [0.25, 0.3) is 0 Å². The second-order valence-corrected chi connectivity index (χ2v) is 4.54. The topological polar surface area (TPSA) is 40.5 Å². The van der Waals surface area contributed by atoms with E-state index in [0.717, 1.165) is 11.6 Å². The molecule has 0 saturated heterocycles. The zero-order valence-electron chi connectivity index (χ0n) is 9.68. The van der Waals surface area contributed by atoms with Gasteiger partial charge < -0.3 is 10.0 Å². The Morgan fingerprint density at radius 1 is 1.50 bits per heavy atom. The number of aromatic carboxylic acids is 1. The van der Waals surface area contributed by atoms with Gasteiger partial charge in [-0.05, 0) is 43.9 Å².